The van der Waals surface area contributed by atoms with Gasteiger partial charge in [-0.2, -0.15) is 5.06 Å². The Kier molecular flexibility index (Phi) is 4.29. The predicted octanol–water partition coefficient (Wildman–Crippen LogP) is -0.721. The number of amides is 5. The monoisotopic (exact) mass is 303 g/mol. The molecule has 9 nitrogen and oxygen atoms in total. The summed E-state index contributed by atoms with van der Waals surface area (Å²) in [5, 5.41) is 1.26. The van der Waals surface area contributed by atoms with Crippen molar-refractivity contribution < 1.29 is 19.0 Å². The number of urea groups is 2. The van der Waals surface area contributed by atoms with Crippen LogP contribution in [0.2, 0.25) is 0 Å². The summed E-state index contributed by atoms with van der Waals surface area (Å²) in [7, 11) is 5.16. The van der Waals surface area contributed by atoms with Crippen LogP contribution < -0.4 is 10.9 Å². The van der Waals surface area contributed by atoms with Crippen molar-refractivity contribution in [3.63, 3.8) is 0 Å². The van der Waals surface area contributed by atoms with Crippen molar-refractivity contribution in [1.82, 2.24) is 25.7 Å². The predicted molar refractivity (Wildman–Crippen MR) is 71.9 cm³/mol. The average molecular weight is 303 g/mol. The van der Waals surface area contributed by atoms with E-state index in [0.29, 0.717) is 19.4 Å². The van der Waals surface area contributed by atoms with E-state index < -0.39 is 18.0 Å². The molecule has 0 saturated carbocycles. The summed E-state index contributed by atoms with van der Waals surface area (Å²) in [4.78, 5) is 38.2. The van der Waals surface area contributed by atoms with Crippen molar-refractivity contribution in [1.29, 1.82) is 0 Å². The van der Waals surface area contributed by atoms with Gasteiger partial charge in [-0.15, -0.1) is 0 Å². The molecular formula is C10H18N5O4P. The lowest BCUT2D eigenvalue weighted by molar-refractivity contribution is -0.126. The zero-order valence-electron chi connectivity index (χ0n) is 11.3. The van der Waals surface area contributed by atoms with Crippen molar-refractivity contribution in [3.8, 4) is 0 Å². The summed E-state index contributed by atoms with van der Waals surface area (Å²) in [6.07, 6.45) is 1.21. The fourth-order valence-corrected chi connectivity index (χ4v) is 2.61. The molecule has 0 spiro atoms. The van der Waals surface area contributed by atoms with E-state index in [1.54, 1.807) is 14.1 Å². The van der Waals surface area contributed by atoms with Gasteiger partial charge in [0.15, 0.2) is 0 Å². The van der Waals surface area contributed by atoms with Crippen molar-refractivity contribution >= 4 is 27.4 Å². The Balaban J connectivity index is 1.95. The summed E-state index contributed by atoms with van der Waals surface area (Å²) in [5.74, 6) is -0.405. The van der Waals surface area contributed by atoms with Crippen LogP contribution in [0.3, 0.4) is 0 Å². The molecule has 0 aliphatic carbocycles. The number of nitrogens with one attached hydrogen (secondary N) is 2. The van der Waals surface area contributed by atoms with Gasteiger partial charge in [-0.05, 0) is 12.8 Å². The number of nitrogens with zero attached hydrogens (tertiary/aromatic N) is 3. The van der Waals surface area contributed by atoms with Crippen LogP contribution in [0, 0.1) is 0 Å². The zero-order chi connectivity index (χ0) is 14.9. The maximum atomic E-state index is 12.1. The maximum absolute atomic E-state index is 12.1. The number of fused-ring (bicyclic) bond motifs is 2. The molecule has 3 atom stereocenters. The van der Waals surface area contributed by atoms with Crippen LogP contribution in [0.5, 0.6) is 0 Å². The van der Waals surface area contributed by atoms with Crippen LogP contribution in [0.25, 0.3) is 0 Å². The van der Waals surface area contributed by atoms with Crippen molar-refractivity contribution in [2.75, 3.05) is 20.6 Å². The molecule has 2 fully saturated rings. The number of hydrogen-bond donors (Lipinski definition) is 2. The Labute approximate surface area is 118 Å². The van der Waals surface area contributed by atoms with Gasteiger partial charge >= 0.3 is 12.1 Å². The summed E-state index contributed by atoms with van der Waals surface area (Å²) in [6.45, 7) is 0.451. The van der Waals surface area contributed by atoms with Gasteiger partial charge in [0.1, 0.15) is 6.04 Å². The molecule has 0 aromatic carbocycles. The quantitative estimate of drug-likeness (QED) is 0.520. The van der Waals surface area contributed by atoms with E-state index in [9.17, 15) is 14.4 Å². The van der Waals surface area contributed by atoms with Crippen LogP contribution in [0.15, 0.2) is 0 Å². The molecule has 2 aliphatic heterocycles. The lowest BCUT2D eigenvalue weighted by atomic mass is 10.0. The standard InChI is InChI=1S/C10H18N5O4P/c1-13(2)9(17)12-11-8(16)7-4-3-6-5-14(7)10(18)15(6)19-20/h6-7H,3-5,20H2,1-2H3,(H,11,16)(H,12,17)/t6-,7-/m0/s1. The highest BCUT2D eigenvalue weighted by molar-refractivity contribution is 7.09. The van der Waals surface area contributed by atoms with Gasteiger partial charge in [-0.3, -0.25) is 14.8 Å². The van der Waals surface area contributed by atoms with E-state index in [0.717, 1.165) is 0 Å². The first kappa shape index (κ1) is 14.8. The van der Waals surface area contributed by atoms with Crippen molar-refractivity contribution in [2.45, 2.75) is 24.9 Å². The minimum Gasteiger partial charge on any atom is -0.330 e. The fourth-order valence-electron chi connectivity index (χ4n) is 2.35. The Morgan fingerprint density at radius 1 is 1.35 bits per heavy atom. The third-order valence-corrected chi connectivity index (χ3v) is 3.67. The van der Waals surface area contributed by atoms with Crippen molar-refractivity contribution in [3.05, 3.63) is 0 Å². The Morgan fingerprint density at radius 2 is 2.05 bits per heavy atom. The summed E-state index contributed by atoms with van der Waals surface area (Å²) >= 11 is 0. The molecule has 2 heterocycles. The largest absolute Gasteiger partial charge is 0.345 e. The van der Waals surface area contributed by atoms with E-state index in [4.69, 9.17) is 4.62 Å². The third kappa shape index (κ3) is 2.64. The van der Waals surface area contributed by atoms with Gasteiger partial charge < -0.3 is 9.80 Å². The molecule has 0 radical (unpaired) electrons. The Bertz CT molecular complexity index is 432. The SMILES string of the molecule is CN(C)C(=O)NNC(=O)[C@@H]1CC[C@H]2CN1C(=O)N2OP. The maximum Gasteiger partial charge on any atom is 0.345 e. The van der Waals surface area contributed by atoms with Gasteiger partial charge in [0, 0.05) is 30.1 Å². The Hall–Kier alpha value is -1.60. The molecule has 2 rings (SSSR count). The van der Waals surface area contributed by atoms with E-state index in [2.05, 4.69) is 10.9 Å². The van der Waals surface area contributed by atoms with Crippen LogP contribution in [0.1, 0.15) is 12.8 Å². The fraction of sp³-hybridized carbons (Fsp3) is 0.700. The second kappa shape index (κ2) is 5.80. The number of rotatable bonds is 2. The zero-order valence-corrected chi connectivity index (χ0v) is 12.5. The van der Waals surface area contributed by atoms with Gasteiger partial charge in [0.05, 0.1) is 6.04 Å². The Morgan fingerprint density at radius 3 is 2.65 bits per heavy atom. The smallest absolute Gasteiger partial charge is 0.330 e. The van der Waals surface area contributed by atoms with Gasteiger partial charge in [0.25, 0.3) is 5.91 Å². The van der Waals surface area contributed by atoms with E-state index in [1.807, 2.05) is 9.47 Å². The highest BCUT2D eigenvalue weighted by atomic mass is 31.0. The van der Waals surface area contributed by atoms with E-state index in [1.165, 1.54) is 14.9 Å². The van der Waals surface area contributed by atoms with Crippen LogP contribution >= 0.6 is 9.47 Å². The van der Waals surface area contributed by atoms with E-state index in [-0.39, 0.29) is 12.1 Å². The first-order chi connectivity index (χ1) is 9.45. The lowest BCUT2D eigenvalue weighted by Gasteiger charge is -2.29. The minimum atomic E-state index is -0.591. The minimum absolute atomic E-state index is 0.0274. The van der Waals surface area contributed by atoms with E-state index >= 15 is 0 Å². The molecule has 1 unspecified atom stereocenters. The number of hydrogen-bond acceptors (Lipinski definition) is 4. The molecule has 10 heteroatoms. The molecule has 20 heavy (non-hydrogen) atoms. The normalized spacial score (nSPS) is 24.6. The summed E-state index contributed by atoms with van der Waals surface area (Å²) in [5.41, 5.74) is 4.61. The molecular weight excluding hydrogens is 285 g/mol. The number of carbonyl (C=O) groups is 3. The average Bonchev–Trinajstić information content (AvgIpc) is 2.67. The highest BCUT2D eigenvalue weighted by Crippen LogP contribution is 2.30. The van der Waals surface area contributed by atoms with Crippen LogP contribution in [0.4, 0.5) is 9.59 Å². The van der Waals surface area contributed by atoms with Crippen LogP contribution in [-0.4, -0.2) is 65.6 Å². The third-order valence-electron chi connectivity index (χ3n) is 3.44. The number of carbonyl (C=O) groups excluding carboxylic acids is 3. The molecule has 2 N–H and O–H groups in total. The first-order valence-electron chi connectivity index (χ1n) is 6.19. The lowest BCUT2D eigenvalue weighted by Crippen LogP contribution is -2.55. The second-order valence-electron chi connectivity index (χ2n) is 4.93. The number of piperidine rings is 1. The molecule has 5 amide bonds. The molecule has 0 aromatic heterocycles. The van der Waals surface area contributed by atoms with Gasteiger partial charge in [-0.25, -0.2) is 15.0 Å². The molecule has 0 aromatic rings. The molecule has 112 valence electrons. The molecule has 2 aliphatic rings. The topological polar surface area (TPSA) is 94.2 Å². The van der Waals surface area contributed by atoms with Crippen LogP contribution in [-0.2, 0) is 9.42 Å². The first-order valence-corrected chi connectivity index (χ1v) is 6.66. The summed E-state index contributed by atoms with van der Waals surface area (Å²) in [6, 6.07) is -1.39. The van der Waals surface area contributed by atoms with Crippen molar-refractivity contribution in [2.24, 2.45) is 0 Å². The molecule has 2 saturated heterocycles. The summed E-state index contributed by atoms with van der Waals surface area (Å²) < 4.78 is 4.95. The van der Waals surface area contributed by atoms with Gasteiger partial charge in [-0.1, -0.05) is 0 Å². The molecule has 2 bridgehead atoms. The van der Waals surface area contributed by atoms with Gasteiger partial charge in [0.2, 0.25) is 0 Å². The number of hydroxylamine groups is 2. The second-order valence-corrected chi connectivity index (χ2v) is 5.14. The number of hydrazine groups is 1. The highest BCUT2D eigenvalue weighted by Gasteiger charge is 2.47.